The molecule has 0 aromatic heterocycles. The molecule has 0 aliphatic heterocycles. The lowest BCUT2D eigenvalue weighted by Crippen LogP contribution is -2.43. The number of hydrogen-bond acceptors (Lipinski definition) is 4. The highest BCUT2D eigenvalue weighted by Gasteiger charge is 2.19. The number of benzene rings is 1. The van der Waals surface area contributed by atoms with Crippen molar-refractivity contribution >= 4 is 29.4 Å². The van der Waals surface area contributed by atoms with Crippen LogP contribution < -0.4 is 10.5 Å². The first-order valence-corrected chi connectivity index (χ1v) is 6.34. The van der Waals surface area contributed by atoms with E-state index in [4.69, 9.17) is 27.2 Å². The number of halogens is 1. The van der Waals surface area contributed by atoms with Crippen LogP contribution in [0.25, 0.3) is 0 Å². The summed E-state index contributed by atoms with van der Waals surface area (Å²) in [6.45, 7) is 0.265. The third kappa shape index (κ3) is 5.70. The molecule has 0 saturated heterocycles. The maximum Gasteiger partial charge on any atom is 0.323 e. The second-order valence-electron chi connectivity index (χ2n) is 4.33. The molecule has 1 rings (SSSR count). The van der Waals surface area contributed by atoms with E-state index in [0.717, 1.165) is 10.5 Å². The van der Waals surface area contributed by atoms with E-state index < -0.39 is 37.5 Å². The smallest absolute Gasteiger partial charge is 0.323 e. The average molecular weight is 315 g/mol. The van der Waals surface area contributed by atoms with Crippen molar-refractivity contribution in [3.8, 4) is 5.75 Å². The minimum Gasteiger partial charge on any atom is -0.482 e. The van der Waals surface area contributed by atoms with Gasteiger partial charge in [0, 0.05) is 0 Å². The summed E-state index contributed by atoms with van der Waals surface area (Å²) in [5, 5.41) is 9.03. The molecule has 8 heteroatoms. The third-order valence-electron chi connectivity index (χ3n) is 2.46. The zero-order chi connectivity index (χ0) is 16.0. The fourth-order valence-corrected chi connectivity index (χ4v) is 1.71. The Kier molecular flexibility index (Phi) is 5.98. The summed E-state index contributed by atoms with van der Waals surface area (Å²) in [5.74, 6) is -2.43. The molecule has 0 heterocycles. The maximum atomic E-state index is 11.9. The highest BCUT2D eigenvalue weighted by atomic mass is 35.5. The number of hydrogen-bond donors (Lipinski definition) is 2. The first-order chi connectivity index (χ1) is 9.79. The Bertz CT molecular complexity index is 545. The van der Waals surface area contributed by atoms with Gasteiger partial charge in [-0.05, 0) is 24.6 Å². The van der Waals surface area contributed by atoms with Crippen LogP contribution >= 0.6 is 11.6 Å². The monoisotopic (exact) mass is 314 g/mol. The summed E-state index contributed by atoms with van der Waals surface area (Å²) in [5.41, 5.74) is 5.86. The van der Waals surface area contributed by atoms with Gasteiger partial charge in [0.2, 0.25) is 5.91 Å². The summed E-state index contributed by atoms with van der Waals surface area (Å²) < 4.78 is 5.26. The molecule has 0 atom stereocenters. The number of carbonyl (C=O) groups excluding carboxylic acids is 2. The summed E-state index contributed by atoms with van der Waals surface area (Å²) in [6, 6.07) is 5.04. The first kappa shape index (κ1) is 16.8. The van der Waals surface area contributed by atoms with Crippen LogP contribution in [0.1, 0.15) is 5.56 Å². The van der Waals surface area contributed by atoms with E-state index in [1.54, 1.807) is 18.2 Å². The fraction of sp³-hybridized carbons (Fsp3) is 0.308. The maximum absolute atomic E-state index is 11.9. The predicted octanol–water partition coefficient (Wildman–Crippen LogP) is 0.426. The largest absolute Gasteiger partial charge is 0.482 e. The topological polar surface area (TPSA) is 110 Å². The van der Waals surface area contributed by atoms with Crippen molar-refractivity contribution < 1.29 is 24.2 Å². The lowest BCUT2D eigenvalue weighted by molar-refractivity contribution is -0.146. The first-order valence-electron chi connectivity index (χ1n) is 5.96. The molecule has 0 unspecified atom stereocenters. The molecule has 2 amide bonds. The van der Waals surface area contributed by atoms with Crippen LogP contribution in [0.4, 0.5) is 0 Å². The van der Waals surface area contributed by atoms with E-state index in [2.05, 4.69) is 0 Å². The molecule has 0 fully saturated rings. The molecule has 1 aromatic rings. The van der Waals surface area contributed by atoms with E-state index in [9.17, 15) is 14.4 Å². The zero-order valence-electron chi connectivity index (χ0n) is 11.3. The lowest BCUT2D eigenvalue weighted by Gasteiger charge is -2.19. The van der Waals surface area contributed by atoms with Crippen molar-refractivity contribution in [3.05, 3.63) is 28.8 Å². The van der Waals surface area contributed by atoms with Gasteiger partial charge in [0.05, 0.1) is 5.02 Å². The van der Waals surface area contributed by atoms with E-state index >= 15 is 0 Å². The highest BCUT2D eigenvalue weighted by Crippen LogP contribution is 2.25. The van der Waals surface area contributed by atoms with Gasteiger partial charge in [-0.3, -0.25) is 14.4 Å². The van der Waals surface area contributed by atoms with Gasteiger partial charge in [-0.2, -0.15) is 0 Å². The number of carboxylic acids is 1. The van der Waals surface area contributed by atoms with Gasteiger partial charge in [-0.1, -0.05) is 17.7 Å². The van der Waals surface area contributed by atoms with Crippen LogP contribution in [-0.2, 0) is 14.4 Å². The average Bonchev–Trinajstić information content (AvgIpc) is 2.37. The van der Waals surface area contributed by atoms with Gasteiger partial charge in [-0.15, -0.1) is 0 Å². The van der Waals surface area contributed by atoms with Crippen LogP contribution in [0.3, 0.4) is 0 Å². The summed E-state index contributed by atoms with van der Waals surface area (Å²) >= 11 is 5.91. The van der Waals surface area contributed by atoms with E-state index in [-0.39, 0.29) is 0 Å². The number of carbonyl (C=O) groups is 3. The fourth-order valence-electron chi connectivity index (χ4n) is 1.54. The molecule has 3 N–H and O–H groups in total. The molecule has 7 nitrogen and oxygen atoms in total. The third-order valence-corrected chi connectivity index (χ3v) is 2.78. The van der Waals surface area contributed by atoms with Crippen LogP contribution in [0.2, 0.25) is 5.02 Å². The van der Waals surface area contributed by atoms with Crippen molar-refractivity contribution in [2.75, 3.05) is 19.7 Å². The Morgan fingerprint density at radius 1 is 1.33 bits per heavy atom. The van der Waals surface area contributed by atoms with Crippen molar-refractivity contribution in [1.82, 2.24) is 4.90 Å². The SMILES string of the molecule is Cc1ccc(Cl)c(OCC(=O)N(CC(N)=O)CC(=O)O)c1. The number of nitrogens with zero attached hydrogens (tertiary/aromatic N) is 1. The Labute approximate surface area is 126 Å². The Hall–Kier alpha value is -2.28. The molecule has 21 heavy (non-hydrogen) atoms. The molecule has 0 aliphatic rings. The second-order valence-corrected chi connectivity index (χ2v) is 4.74. The Morgan fingerprint density at radius 2 is 2.00 bits per heavy atom. The molecule has 0 aliphatic carbocycles. The Balaban J connectivity index is 2.70. The van der Waals surface area contributed by atoms with E-state index in [1.165, 1.54) is 0 Å². The molecular weight excluding hydrogens is 300 g/mol. The van der Waals surface area contributed by atoms with E-state index in [0.29, 0.717) is 10.8 Å². The highest BCUT2D eigenvalue weighted by molar-refractivity contribution is 6.32. The molecule has 0 radical (unpaired) electrons. The number of ether oxygens (including phenoxy) is 1. The van der Waals surface area contributed by atoms with Gasteiger partial charge in [-0.25, -0.2) is 0 Å². The zero-order valence-corrected chi connectivity index (χ0v) is 12.1. The quantitative estimate of drug-likeness (QED) is 0.758. The van der Waals surface area contributed by atoms with Crippen LogP contribution in [-0.4, -0.2) is 47.5 Å². The van der Waals surface area contributed by atoms with Crippen molar-refractivity contribution in [1.29, 1.82) is 0 Å². The van der Waals surface area contributed by atoms with Gasteiger partial charge < -0.3 is 20.5 Å². The predicted molar refractivity (Wildman–Crippen MR) is 75.1 cm³/mol. The van der Waals surface area contributed by atoms with Gasteiger partial charge in [0.1, 0.15) is 18.8 Å². The minimum absolute atomic E-state index is 0.305. The number of nitrogens with two attached hydrogens (primary N) is 1. The van der Waals surface area contributed by atoms with Crippen molar-refractivity contribution in [2.24, 2.45) is 5.73 Å². The normalized spacial score (nSPS) is 10.0. The van der Waals surface area contributed by atoms with Crippen LogP contribution in [0.5, 0.6) is 5.75 Å². The number of aliphatic carboxylic acids is 1. The van der Waals surface area contributed by atoms with Crippen LogP contribution in [0, 0.1) is 6.92 Å². The Morgan fingerprint density at radius 3 is 2.57 bits per heavy atom. The standard InChI is InChI=1S/C13H15ClN2O5/c1-8-2-3-9(14)10(4-8)21-7-12(18)16(5-11(15)17)6-13(19)20/h2-4H,5-7H2,1H3,(H2,15,17)(H,19,20). The van der Waals surface area contributed by atoms with Crippen molar-refractivity contribution in [2.45, 2.75) is 6.92 Å². The summed E-state index contributed by atoms with van der Waals surface area (Å²) in [7, 11) is 0. The lowest BCUT2D eigenvalue weighted by atomic mass is 10.2. The molecule has 0 bridgehead atoms. The number of carboxylic acid groups (broad SMARTS) is 1. The van der Waals surface area contributed by atoms with Gasteiger partial charge in [0.15, 0.2) is 6.61 Å². The van der Waals surface area contributed by atoms with Crippen molar-refractivity contribution in [3.63, 3.8) is 0 Å². The van der Waals surface area contributed by atoms with Gasteiger partial charge in [0.25, 0.3) is 5.91 Å². The molecule has 114 valence electrons. The second kappa shape index (κ2) is 7.49. The number of amides is 2. The summed E-state index contributed by atoms with van der Waals surface area (Å²) in [6.07, 6.45) is 0. The molecule has 0 spiro atoms. The van der Waals surface area contributed by atoms with Gasteiger partial charge >= 0.3 is 5.97 Å². The molecule has 0 saturated carbocycles. The summed E-state index contributed by atoms with van der Waals surface area (Å²) in [4.78, 5) is 34.2. The van der Waals surface area contributed by atoms with Crippen LogP contribution in [0.15, 0.2) is 18.2 Å². The van der Waals surface area contributed by atoms with E-state index in [1.807, 2.05) is 6.92 Å². The molecule has 1 aromatic carbocycles. The minimum atomic E-state index is -1.25. The number of aryl methyl sites for hydroxylation is 1. The number of rotatable bonds is 7. The number of primary amides is 1. The molecular formula is C13H15ClN2O5.